The zero-order chi connectivity index (χ0) is 9.84. The van der Waals surface area contributed by atoms with Gasteiger partial charge in [0.2, 0.25) is 0 Å². The lowest BCUT2D eigenvalue weighted by Gasteiger charge is -2.13. The molecular weight excluding hydrogens is 230 g/mol. The van der Waals surface area contributed by atoms with Crippen molar-refractivity contribution >= 4 is 27.9 Å². The monoisotopic (exact) mass is 241 g/mol. The van der Waals surface area contributed by atoms with Crippen molar-refractivity contribution in [3.05, 3.63) is 29.3 Å². The van der Waals surface area contributed by atoms with Gasteiger partial charge in [0.15, 0.2) is 0 Å². The highest BCUT2D eigenvalue weighted by atomic mass is 79.9. The smallest absolute Gasteiger partial charge is 0.150 e. The van der Waals surface area contributed by atoms with Gasteiger partial charge in [-0.3, -0.25) is 4.79 Å². The standard InChI is InChI=1S/C10H12BrNO/c1-12(2)10-4-8(6-11)3-9(5-10)7-13/h3-5,7H,6H2,1-2H3. The molecule has 0 aliphatic carbocycles. The largest absolute Gasteiger partial charge is 0.378 e. The maximum atomic E-state index is 10.6. The number of hydrogen-bond donors (Lipinski definition) is 0. The van der Waals surface area contributed by atoms with E-state index >= 15 is 0 Å². The van der Waals surface area contributed by atoms with E-state index in [2.05, 4.69) is 22.0 Å². The Morgan fingerprint density at radius 1 is 1.38 bits per heavy atom. The summed E-state index contributed by atoms with van der Waals surface area (Å²) in [4.78, 5) is 12.6. The molecule has 0 spiro atoms. The second kappa shape index (κ2) is 4.42. The number of benzene rings is 1. The van der Waals surface area contributed by atoms with Gasteiger partial charge in [0, 0.05) is 30.7 Å². The second-order valence-corrected chi connectivity index (χ2v) is 3.64. The third-order valence-corrected chi connectivity index (χ3v) is 2.45. The number of anilines is 1. The Morgan fingerprint density at radius 2 is 2.08 bits per heavy atom. The molecule has 0 saturated carbocycles. The molecule has 0 amide bonds. The van der Waals surface area contributed by atoms with E-state index in [1.165, 1.54) is 0 Å². The van der Waals surface area contributed by atoms with Crippen LogP contribution in [0.5, 0.6) is 0 Å². The van der Waals surface area contributed by atoms with Crippen LogP contribution in [0.3, 0.4) is 0 Å². The Hall–Kier alpha value is -0.830. The number of nitrogens with zero attached hydrogens (tertiary/aromatic N) is 1. The predicted octanol–water partition coefficient (Wildman–Crippen LogP) is 2.46. The number of carbonyl (C=O) groups is 1. The van der Waals surface area contributed by atoms with Crippen LogP contribution >= 0.6 is 15.9 Å². The van der Waals surface area contributed by atoms with Crippen LogP contribution in [0.15, 0.2) is 18.2 Å². The highest BCUT2D eigenvalue weighted by Gasteiger charge is 2.00. The quantitative estimate of drug-likeness (QED) is 0.599. The summed E-state index contributed by atoms with van der Waals surface area (Å²) in [5.41, 5.74) is 2.90. The normalized spacial score (nSPS) is 9.77. The zero-order valence-corrected chi connectivity index (χ0v) is 9.34. The second-order valence-electron chi connectivity index (χ2n) is 3.08. The van der Waals surface area contributed by atoms with E-state index in [0.29, 0.717) is 0 Å². The van der Waals surface area contributed by atoms with Crippen LogP contribution in [0.25, 0.3) is 0 Å². The fraction of sp³-hybridized carbons (Fsp3) is 0.300. The van der Waals surface area contributed by atoms with Gasteiger partial charge in [-0.05, 0) is 23.8 Å². The lowest BCUT2D eigenvalue weighted by Crippen LogP contribution is -2.09. The number of alkyl halides is 1. The number of aldehydes is 1. The zero-order valence-electron chi connectivity index (χ0n) is 7.75. The maximum absolute atomic E-state index is 10.6. The Morgan fingerprint density at radius 3 is 2.54 bits per heavy atom. The van der Waals surface area contributed by atoms with E-state index in [1.807, 2.05) is 31.1 Å². The van der Waals surface area contributed by atoms with Gasteiger partial charge >= 0.3 is 0 Å². The SMILES string of the molecule is CN(C)c1cc(C=O)cc(CBr)c1. The van der Waals surface area contributed by atoms with Crippen LogP contribution in [0, 0.1) is 0 Å². The third-order valence-electron chi connectivity index (χ3n) is 1.81. The number of halogens is 1. The molecule has 2 nitrogen and oxygen atoms in total. The van der Waals surface area contributed by atoms with Crippen molar-refractivity contribution in [1.29, 1.82) is 0 Å². The fourth-order valence-corrected chi connectivity index (χ4v) is 1.43. The molecule has 0 unspecified atom stereocenters. The third kappa shape index (κ3) is 2.56. The van der Waals surface area contributed by atoms with Crippen LogP contribution < -0.4 is 4.90 Å². The fourth-order valence-electron chi connectivity index (χ4n) is 1.10. The first-order chi connectivity index (χ1) is 6.17. The van der Waals surface area contributed by atoms with Crippen LogP contribution in [-0.4, -0.2) is 20.4 Å². The van der Waals surface area contributed by atoms with Gasteiger partial charge in [-0.15, -0.1) is 0 Å². The van der Waals surface area contributed by atoms with Crippen LogP contribution in [-0.2, 0) is 5.33 Å². The van der Waals surface area contributed by atoms with E-state index in [0.717, 1.165) is 28.4 Å². The minimum Gasteiger partial charge on any atom is -0.378 e. The molecule has 0 bridgehead atoms. The maximum Gasteiger partial charge on any atom is 0.150 e. The molecule has 70 valence electrons. The van der Waals surface area contributed by atoms with Crippen molar-refractivity contribution in [1.82, 2.24) is 0 Å². The highest BCUT2D eigenvalue weighted by Crippen LogP contribution is 2.18. The summed E-state index contributed by atoms with van der Waals surface area (Å²) in [5.74, 6) is 0. The van der Waals surface area contributed by atoms with Gasteiger partial charge in [0.25, 0.3) is 0 Å². The minimum atomic E-state index is 0.723. The Kier molecular flexibility index (Phi) is 3.48. The Labute approximate surface area is 86.7 Å². The first kappa shape index (κ1) is 10.3. The van der Waals surface area contributed by atoms with E-state index in [-0.39, 0.29) is 0 Å². The molecule has 0 N–H and O–H groups in total. The molecule has 1 aromatic carbocycles. The van der Waals surface area contributed by atoms with Crippen molar-refractivity contribution in [3.63, 3.8) is 0 Å². The molecule has 0 aliphatic rings. The van der Waals surface area contributed by atoms with Crippen molar-refractivity contribution in [2.24, 2.45) is 0 Å². The summed E-state index contributed by atoms with van der Waals surface area (Å²) in [7, 11) is 3.92. The minimum absolute atomic E-state index is 0.723. The van der Waals surface area contributed by atoms with Crippen molar-refractivity contribution < 1.29 is 4.79 Å². The molecule has 0 aliphatic heterocycles. The van der Waals surface area contributed by atoms with E-state index in [4.69, 9.17) is 0 Å². The van der Waals surface area contributed by atoms with Gasteiger partial charge in [-0.1, -0.05) is 15.9 Å². The molecule has 0 fully saturated rings. The first-order valence-electron chi connectivity index (χ1n) is 4.00. The average molecular weight is 242 g/mol. The van der Waals surface area contributed by atoms with Crippen molar-refractivity contribution in [2.45, 2.75) is 5.33 Å². The summed E-state index contributed by atoms with van der Waals surface area (Å²) in [6.45, 7) is 0. The Balaban J connectivity index is 3.14. The summed E-state index contributed by atoms with van der Waals surface area (Å²) >= 11 is 3.37. The van der Waals surface area contributed by atoms with E-state index in [9.17, 15) is 4.79 Å². The lowest BCUT2D eigenvalue weighted by atomic mass is 10.1. The molecular formula is C10H12BrNO. The molecule has 1 rings (SSSR count). The molecule has 0 radical (unpaired) electrons. The van der Waals surface area contributed by atoms with E-state index < -0.39 is 0 Å². The van der Waals surface area contributed by atoms with Gasteiger partial charge in [-0.2, -0.15) is 0 Å². The number of rotatable bonds is 3. The number of carbonyl (C=O) groups excluding carboxylic acids is 1. The Bertz CT molecular complexity index is 310. The topological polar surface area (TPSA) is 20.3 Å². The van der Waals surface area contributed by atoms with Crippen LogP contribution in [0.2, 0.25) is 0 Å². The summed E-state index contributed by atoms with van der Waals surface area (Å²) < 4.78 is 0. The molecule has 3 heteroatoms. The van der Waals surface area contributed by atoms with Crippen LogP contribution in [0.1, 0.15) is 15.9 Å². The van der Waals surface area contributed by atoms with Gasteiger partial charge in [0.1, 0.15) is 6.29 Å². The predicted molar refractivity (Wildman–Crippen MR) is 58.8 cm³/mol. The average Bonchev–Trinajstić information content (AvgIpc) is 2.16. The van der Waals surface area contributed by atoms with E-state index in [1.54, 1.807) is 0 Å². The van der Waals surface area contributed by atoms with Gasteiger partial charge < -0.3 is 4.90 Å². The summed E-state index contributed by atoms with van der Waals surface area (Å²) in [6.07, 6.45) is 0.874. The molecule has 0 atom stereocenters. The first-order valence-corrected chi connectivity index (χ1v) is 5.12. The van der Waals surface area contributed by atoms with Crippen molar-refractivity contribution in [3.8, 4) is 0 Å². The van der Waals surface area contributed by atoms with Gasteiger partial charge in [0.05, 0.1) is 0 Å². The van der Waals surface area contributed by atoms with Crippen molar-refractivity contribution in [2.75, 3.05) is 19.0 Å². The molecule has 0 aromatic heterocycles. The molecule has 1 aromatic rings. The summed E-state index contributed by atoms with van der Waals surface area (Å²) in [5, 5.41) is 0.773. The number of hydrogen-bond acceptors (Lipinski definition) is 2. The molecule has 0 saturated heterocycles. The van der Waals surface area contributed by atoms with Crippen LogP contribution in [0.4, 0.5) is 5.69 Å². The highest BCUT2D eigenvalue weighted by molar-refractivity contribution is 9.08. The lowest BCUT2D eigenvalue weighted by molar-refractivity contribution is 0.112. The van der Waals surface area contributed by atoms with Gasteiger partial charge in [-0.25, -0.2) is 0 Å². The summed E-state index contributed by atoms with van der Waals surface area (Å²) in [6, 6.07) is 5.82. The molecule has 0 heterocycles. The molecule has 13 heavy (non-hydrogen) atoms.